The smallest absolute Gasteiger partial charge is 0.326 e. The summed E-state index contributed by atoms with van der Waals surface area (Å²) in [5.41, 5.74) is 0.560. The Morgan fingerprint density at radius 3 is 2.00 bits per heavy atom. The summed E-state index contributed by atoms with van der Waals surface area (Å²) in [7, 11) is 0. The molecule has 1 aliphatic heterocycles. The number of carbonyl (C=O) groups excluding carboxylic acids is 2. The predicted octanol–water partition coefficient (Wildman–Crippen LogP) is 1.78. The summed E-state index contributed by atoms with van der Waals surface area (Å²) in [6.45, 7) is 3.71. The molecule has 0 fully saturated rings. The number of rotatable bonds is 4. The third-order valence-electron chi connectivity index (χ3n) is 3.12. The molecule has 0 unspecified atom stereocenters. The first-order chi connectivity index (χ1) is 8.93. The minimum atomic E-state index is -1.15. The summed E-state index contributed by atoms with van der Waals surface area (Å²) in [5, 5.41) is 9.25. The maximum atomic E-state index is 12.2. The fraction of sp³-hybridized carbons (Fsp3) is 0.357. The summed E-state index contributed by atoms with van der Waals surface area (Å²) in [6, 6.07) is 5.30. The van der Waals surface area contributed by atoms with E-state index in [-0.39, 0.29) is 23.5 Å². The van der Waals surface area contributed by atoms with E-state index in [0.29, 0.717) is 0 Å². The molecule has 0 radical (unpaired) electrons. The van der Waals surface area contributed by atoms with Gasteiger partial charge in [0.05, 0.1) is 11.1 Å². The number of imide groups is 1. The zero-order valence-electron chi connectivity index (χ0n) is 10.8. The molecule has 0 saturated heterocycles. The number of carbonyl (C=O) groups is 3. The van der Waals surface area contributed by atoms with E-state index in [9.17, 15) is 19.5 Å². The van der Waals surface area contributed by atoms with Gasteiger partial charge in [-0.15, -0.1) is 0 Å². The van der Waals surface area contributed by atoms with Crippen molar-refractivity contribution < 1.29 is 19.5 Å². The summed E-state index contributed by atoms with van der Waals surface area (Å²) in [4.78, 5) is 36.5. The van der Waals surface area contributed by atoms with Gasteiger partial charge in [0, 0.05) is 0 Å². The van der Waals surface area contributed by atoms with E-state index in [0.717, 1.165) is 4.90 Å². The summed E-state index contributed by atoms with van der Waals surface area (Å²) >= 11 is 0. The summed E-state index contributed by atoms with van der Waals surface area (Å²) in [6.07, 6.45) is 0.251. The lowest BCUT2D eigenvalue weighted by Gasteiger charge is -2.23. The van der Waals surface area contributed by atoms with Crippen molar-refractivity contribution >= 4 is 17.8 Å². The van der Waals surface area contributed by atoms with Gasteiger partial charge in [-0.3, -0.25) is 14.5 Å². The van der Waals surface area contributed by atoms with Gasteiger partial charge in [0.1, 0.15) is 6.04 Å². The minimum absolute atomic E-state index is 0.0745. The second-order valence-electron chi connectivity index (χ2n) is 5.01. The van der Waals surface area contributed by atoms with Crippen molar-refractivity contribution in [2.45, 2.75) is 26.3 Å². The van der Waals surface area contributed by atoms with Gasteiger partial charge in [-0.05, 0) is 24.5 Å². The average Bonchev–Trinajstić information content (AvgIpc) is 2.60. The summed E-state index contributed by atoms with van der Waals surface area (Å²) < 4.78 is 0. The van der Waals surface area contributed by atoms with E-state index in [1.807, 2.05) is 13.8 Å². The molecule has 5 nitrogen and oxygen atoms in total. The zero-order valence-corrected chi connectivity index (χ0v) is 10.8. The number of fused-ring (bicyclic) bond motifs is 1. The summed E-state index contributed by atoms with van der Waals surface area (Å²) in [5.74, 6) is -2.11. The normalized spacial score (nSPS) is 15.8. The van der Waals surface area contributed by atoms with Crippen LogP contribution in [0, 0.1) is 5.92 Å². The van der Waals surface area contributed by atoms with Crippen LogP contribution < -0.4 is 0 Å². The molecule has 0 bridgehead atoms. The predicted molar refractivity (Wildman–Crippen MR) is 67.8 cm³/mol. The lowest BCUT2D eigenvalue weighted by Crippen LogP contribution is -2.45. The highest BCUT2D eigenvalue weighted by molar-refractivity contribution is 6.22. The first-order valence-electron chi connectivity index (χ1n) is 6.13. The maximum Gasteiger partial charge on any atom is 0.326 e. The molecule has 0 aliphatic carbocycles. The van der Waals surface area contributed by atoms with E-state index in [1.165, 1.54) is 0 Å². The van der Waals surface area contributed by atoms with Crippen LogP contribution in [0.5, 0.6) is 0 Å². The van der Waals surface area contributed by atoms with E-state index in [2.05, 4.69) is 0 Å². The molecular formula is C14H15NO4. The quantitative estimate of drug-likeness (QED) is 0.838. The molecule has 0 spiro atoms. The highest BCUT2D eigenvalue weighted by Crippen LogP contribution is 2.26. The lowest BCUT2D eigenvalue weighted by molar-refractivity contribution is -0.142. The van der Waals surface area contributed by atoms with Crippen LogP contribution in [-0.2, 0) is 4.79 Å². The molecule has 1 aromatic carbocycles. The van der Waals surface area contributed by atoms with Gasteiger partial charge in [0.25, 0.3) is 11.8 Å². The molecule has 0 saturated carbocycles. The van der Waals surface area contributed by atoms with Gasteiger partial charge in [0.2, 0.25) is 0 Å². The number of aliphatic carboxylic acids is 1. The molecule has 1 aromatic rings. The van der Waals surface area contributed by atoms with Crippen molar-refractivity contribution in [1.82, 2.24) is 4.90 Å². The fourth-order valence-corrected chi connectivity index (χ4v) is 2.25. The lowest BCUT2D eigenvalue weighted by atomic mass is 10.0. The largest absolute Gasteiger partial charge is 0.480 e. The van der Waals surface area contributed by atoms with E-state index in [4.69, 9.17) is 0 Å². The molecule has 2 rings (SSSR count). The number of hydrogen-bond acceptors (Lipinski definition) is 3. The van der Waals surface area contributed by atoms with Gasteiger partial charge in [-0.25, -0.2) is 4.79 Å². The molecular weight excluding hydrogens is 246 g/mol. The molecule has 1 atom stereocenters. The van der Waals surface area contributed by atoms with E-state index >= 15 is 0 Å². The maximum absolute atomic E-state index is 12.2. The van der Waals surface area contributed by atoms with Gasteiger partial charge >= 0.3 is 5.97 Å². The van der Waals surface area contributed by atoms with Crippen molar-refractivity contribution in [1.29, 1.82) is 0 Å². The van der Waals surface area contributed by atoms with Crippen molar-refractivity contribution in [3.8, 4) is 0 Å². The van der Waals surface area contributed by atoms with Gasteiger partial charge in [-0.2, -0.15) is 0 Å². The average molecular weight is 261 g/mol. The van der Waals surface area contributed by atoms with Gasteiger partial charge < -0.3 is 5.11 Å². The van der Waals surface area contributed by atoms with Gasteiger partial charge in [0.15, 0.2) is 0 Å². The highest BCUT2D eigenvalue weighted by atomic mass is 16.4. The molecule has 5 heteroatoms. The molecule has 1 N–H and O–H groups in total. The topological polar surface area (TPSA) is 74.7 Å². The van der Waals surface area contributed by atoms with Crippen LogP contribution in [0.25, 0.3) is 0 Å². The monoisotopic (exact) mass is 261 g/mol. The Hall–Kier alpha value is -2.17. The number of amides is 2. The number of carboxylic acid groups (broad SMARTS) is 1. The minimum Gasteiger partial charge on any atom is -0.480 e. The van der Waals surface area contributed by atoms with Crippen LogP contribution in [0.15, 0.2) is 24.3 Å². The highest BCUT2D eigenvalue weighted by Gasteiger charge is 2.42. The van der Waals surface area contributed by atoms with Crippen molar-refractivity contribution in [3.63, 3.8) is 0 Å². The van der Waals surface area contributed by atoms with Crippen LogP contribution in [0.2, 0.25) is 0 Å². The van der Waals surface area contributed by atoms with E-state index in [1.54, 1.807) is 24.3 Å². The van der Waals surface area contributed by atoms with Gasteiger partial charge in [-0.1, -0.05) is 26.0 Å². The Morgan fingerprint density at radius 2 is 1.63 bits per heavy atom. The molecule has 1 heterocycles. The first kappa shape index (κ1) is 13.3. The third-order valence-corrected chi connectivity index (χ3v) is 3.12. The van der Waals surface area contributed by atoms with E-state index < -0.39 is 23.8 Å². The van der Waals surface area contributed by atoms with Crippen LogP contribution in [0.3, 0.4) is 0 Å². The fourth-order valence-electron chi connectivity index (χ4n) is 2.25. The first-order valence-corrected chi connectivity index (χ1v) is 6.13. The van der Waals surface area contributed by atoms with Crippen molar-refractivity contribution in [2.24, 2.45) is 5.92 Å². The van der Waals surface area contributed by atoms with Crippen molar-refractivity contribution in [3.05, 3.63) is 35.4 Å². The van der Waals surface area contributed by atoms with Crippen LogP contribution >= 0.6 is 0 Å². The SMILES string of the molecule is CC(C)C[C@H](C(=O)O)N1C(=O)c2ccccc2C1=O. The second-order valence-corrected chi connectivity index (χ2v) is 5.01. The number of carboxylic acids is 1. The molecule has 100 valence electrons. The third kappa shape index (κ3) is 2.23. The molecule has 19 heavy (non-hydrogen) atoms. The molecule has 0 aromatic heterocycles. The standard InChI is InChI=1S/C14H15NO4/c1-8(2)7-11(14(18)19)15-12(16)9-5-3-4-6-10(9)13(15)17/h3-6,8,11H,7H2,1-2H3,(H,18,19)/t11-/m1/s1. The van der Waals surface area contributed by atoms with Crippen LogP contribution in [0.1, 0.15) is 41.0 Å². The van der Waals surface area contributed by atoms with Crippen LogP contribution in [-0.4, -0.2) is 33.8 Å². The Balaban J connectivity index is 2.39. The Labute approximate surface area is 110 Å². The number of nitrogens with zero attached hydrogens (tertiary/aromatic N) is 1. The van der Waals surface area contributed by atoms with Crippen molar-refractivity contribution in [2.75, 3.05) is 0 Å². The molecule has 1 aliphatic rings. The Bertz CT molecular complexity index is 515. The second kappa shape index (κ2) is 4.84. The molecule has 2 amide bonds. The number of hydrogen-bond donors (Lipinski definition) is 1. The number of benzene rings is 1. The Morgan fingerprint density at radius 1 is 1.16 bits per heavy atom. The Kier molecular flexibility index (Phi) is 3.38. The van der Waals surface area contributed by atoms with Crippen LogP contribution in [0.4, 0.5) is 0 Å². The zero-order chi connectivity index (χ0) is 14.2.